The third-order valence-electron chi connectivity index (χ3n) is 1.77. The highest BCUT2D eigenvalue weighted by Gasteiger charge is 2.18. The van der Waals surface area contributed by atoms with Gasteiger partial charge in [0.05, 0.1) is 6.42 Å². The minimum Gasteiger partial charge on any atom is -0.206 e. The second-order valence-corrected chi connectivity index (χ2v) is 3.36. The number of alkyl halides is 2. The summed E-state index contributed by atoms with van der Waals surface area (Å²) >= 11 is 0. The van der Waals surface area contributed by atoms with Crippen molar-refractivity contribution in [1.82, 2.24) is 0 Å². The Morgan fingerprint density at radius 3 is 2.50 bits per heavy atom. The first-order valence-corrected chi connectivity index (χ1v) is 4.41. The molecule has 0 spiro atoms. The van der Waals surface area contributed by atoms with Crippen LogP contribution in [-0.2, 0) is 0 Å². The van der Waals surface area contributed by atoms with Crippen molar-refractivity contribution in [2.24, 2.45) is 0 Å². The third-order valence-corrected chi connectivity index (χ3v) is 1.77. The molecule has 0 aliphatic heterocycles. The minimum absolute atomic E-state index is 0.388. The lowest BCUT2D eigenvalue weighted by Gasteiger charge is -2.02. The van der Waals surface area contributed by atoms with E-state index in [0.717, 1.165) is 18.1 Å². The topological polar surface area (TPSA) is 0 Å². The van der Waals surface area contributed by atoms with E-state index in [1.165, 1.54) is 0 Å². The van der Waals surface area contributed by atoms with Crippen molar-refractivity contribution in [2.45, 2.75) is 26.2 Å². The first-order chi connectivity index (χ1) is 6.49. The largest absolute Gasteiger partial charge is 0.256 e. The Labute approximate surface area is 83.0 Å². The molecule has 0 fully saturated rings. The number of hydrogen-bond acceptors (Lipinski definition) is 0. The fourth-order valence-corrected chi connectivity index (χ4v) is 1.01. The molecule has 0 saturated heterocycles. The Morgan fingerprint density at radius 2 is 1.93 bits per heavy atom. The van der Waals surface area contributed by atoms with E-state index in [9.17, 15) is 8.78 Å². The monoisotopic (exact) mass is 194 g/mol. The zero-order chi connectivity index (χ0) is 10.6. The molecular weight excluding hydrogens is 182 g/mol. The summed E-state index contributed by atoms with van der Waals surface area (Å²) in [6, 6.07) is 7.49. The summed E-state index contributed by atoms with van der Waals surface area (Å²) in [5.74, 6) is 2.52. The van der Waals surface area contributed by atoms with Crippen LogP contribution in [0.2, 0.25) is 0 Å². The van der Waals surface area contributed by atoms with Gasteiger partial charge in [-0.1, -0.05) is 30.0 Å². The fourth-order valence-electron chi connectivity index (χ4n) is 1.01. The third kappa shape index (κ3) is 3.57. The second kappa shape index (κ2) is 4.23. The number of hydrogen-bond donors (Lipinski definition) is 0. The molecule has 74 valence electrons. The standard InChI is InChI=1S/C12H12F2/c1-10-6-3-4-7-11(10)8-5-9-12(2,13)14/h3-4,6-7H,9H2,1-2H3. The molecule has 0 radical (unpaired) electrons. The van der Waals surface area contributed by atoms with Gasteiger partial charge in [0.15, 0.2) is 0 Å². The average Bonchev–Trinajstić information content (AvgIpc) is 2.06. The van der Waals surface area contributed by atoms with Gasteiger partial charge in [-0.2, -0.15) is 0 Å². The van der Waals surface area contributed by atoms with Crippen molar-refractivity contribution in [2.75, 3.05) is 0 Å². The molecule has 0 saturated carbocycles. The van der Waals surface area contributed by atoms with Crippen molar-refractivity contribution in [1.29, 1.82) is 0 Å². The molecule has 1 rings (SSSR count). The number of halogens is 2. The molecule has 0 aromatic heterocycles. The van der Waals surface area contributed by atoms with E-state index in [1.807, 2.05) is 31.2 Å². The Hall–Kier alpha value is -1.36. The molecule has 0 unspecified atom stereocenters. The van der Waals surface area contributed by atoms with Gasteiger partial charge in [-0.05, 0) is 18.6 Å². The Bertz CT molecular complexity index is 364. The van der Waals surface area contributed by atoms with Gasteiger partial charge in [-0.3, -0.25) is 0 Å². The lowest BCUT2D eigenvalue weighted by atomic mass is 10.1. The van der Waals surface area contributed by atoms with Gasteiger partial charge in [-0.15, -0.1) is 0 Å². The number of rotatable bonds is 1. The van der Waals surface area contributed by atoms with E-state index < -0.39 is 5.92 Å². The van der Waals surface area contributed by atoms with E-state index in [-0.39, 0.29) is 6.42 Å². The smallest absolute Gasteiger partial charge is 0.206 e. The van der Waals surface area contributed by atoms with Crippen LogP contribution in [0.5, 0.6) is 0 Å². The predicted octanol–water partition coefficient (Wildman–Crippen LogP) is 3.39. The quantitative estimate of drug-likeness (QED) is 0.601. The summed E-state index contributed by atoms with van der Waals surface area (Å²) in [7, 11) is 0. The summed E-state index contributed by atoms with van der Waals surface area (Å²) in [5, 5.41) is 0. The van der Waals surface area contributed by atoms with Gasteiger partial charge in [0.25, 0.3) is 5.92 Å². The lowest BCUT2D eigenvalue weighted by molar-refractivity contribution is 0.0278. The van der Waals surface area contributed by atoms with Crippen LogP contribution < -0.4 is 0 Å². The number of aryl methyl sites for hydroxylation is 1. The van der Waals surface area contributed by atoms with Crippen molar-refractivity contribution >= 4 is 0 Å². The van der Waals surface area contributed by atoms with Crippen LogP contribution in [0.3, 0.4) is 0 Å². The highest BCUT2D eigenvalue weighted by Crippen LogP contribution is 2.15. The predicted molar refractivity (Wildman–Crippen MR) is 53.3 cm³/mol. The summed E-state index contributed by atoms with van der Waals surface area (Å²) in [4.78, 5) is 0. The molecule has 0 nitrogen and oxygen atoms in total. The Morgan fingerprint density at radius 1 is 1.29 bits per heavy atom. The molecule has 0 heterocycles. The van der Waals surface area contributed by atoms with Gasteiger partial charge in [0.2, 0.25) is 0 Å². The molecule has 0 aliphatic carbocycles. The normalized spacial score (nSPS) is 10.6. The zero-order valence-corrected chi connectivity index (χ0v) is 8.27. The first kappa shape index (κ1) is 10.7. The minimum atomic E-state index is -2.70. The average molecular weight is 194 g/mol. The van der Waals surface area contributed by atoms with Gasteiger partial charge < -0.3 is 0 Å². The zero-order valence-electron chi connectivity index (χ0n) is 8.27. The van der Waals surface area contributed by atoms with E-state index in [4.69, 9.17) is 0 Å². The van der Waals surface area contributed by atoms with Gasteiger partial charge in [-0.25, -0.2) is 8.78 Å². The van der Waals surface area contributed by atoms with Crippen molar-refractivity contribution in [3.05, 3.63) is 35.4 Å². The number of benzene rings is 1. The molecule has 1 aromatic carbocycles. The SMILES string of the molecule is Cc1ccccc1C#CCC(C)(F)F. The van der Waals surface area contributed by atoms with Crippen molar-refractivity contribution in [3.8, 4) is 11.8 Å². The van der Waals surface area contributed by atoms with Crippen LogP contribution in [0, 0.1) is 18.8 Å². The van der Waals surface area contributed by atoms with Gasteiger partial charge in [0, 0.05) is 12.5 Å². The van der Waals surface area contributed by atoms with Crippen LogP contribution in [0.15, 0.2) is 24.3 Å². The molecule has 0 aliphatic rings. The summed E-state index contributed by atoms with van der Waals surface area (Å²) in [6.07, 6.45) is -0.388. The molecule has 0 bridgehead atoms. The van der Waals surface area contributed by atoms with E-state index in [2.05, 4.69) is 11.8 Å². The summed E-state index contributed by atoms with van der Waals surface area (Å²) in [6.45, 7) is 2.79. The summed E-state index contributed by atoms with van der Waals surface area (Å²) in [5.41, 5.74) is 1.83. The maximum atomic E-state index is 12.4. The van der Waals surface area contributed by atoms with E-state index in [0.29, 0.717) is 0 Å². The second-order valence-electron chi connectivity index (χ2n) is 3.36. The maximum absolute atomic E-state index is 12.4. The maximum Gasteiger partial charge on any atom is 0.256 e. The Kier molecular flexibility index (Phi) is 3.24. The van der Waals surface area contributed by atoms with Crippen LogP contribution in [0.4, 0.5) is 8.78 Å². The first-order valence-electron chi connectivity index (χ1n) is 4.41. The highest BCUT2D eigenvalue weighted by molar-refractivity contribution is 5.40. The van der Waals surface area contributed by atoms with E-state index in [1.54, 1.807) is 0 Å². The van der Waals surface area contributed by atoms with Gasteiger partial charge in [0.1, 0.15) is 0 Å². The lowest BCUT2D eigenvalue weighted by Crippen LogP contribution is -2.06. The fraction of sp³-hybridized carbons (Fsp3) is 0.333. The highest BCUT2D eigenvalue weighted by atomic mass is 19.3. The molecule has 1 aromatic rings. The van der Waals surface area contributed by atoms with Crippen LogP contribution in [0.25, 0.3) is 0 Å². The summed E-state index contributed by atoms with van der Waals surface area (Å²) < 4.78 is 24.8. The van der Waals surface area contributed by atoms with Crippen LogP contribution in [0.1, 0.15) is 24.5 Å². The molecular formula is C12H12F2. The van der Waals surface area contributed by atoms with Gasteiger partial charge >= 0.3 is 0 Å². The Balaban J connectivity index is 2.74. The molecule has 14 heavy (non-hydrogen) atoms. The van der Waals surface area contributed by atoms with Crippen molar-refractivity contribution in [3.63, 3.8) is 0 Å². The van der Waals surface area contributed by atoms with Crippen LogP contribution >= 0.6 is 0 Å². The molecule has 0 amide bonds. The van der Waals surface area contributed by atoms with Crippen LogP contribution in [-0.4, -0.2) is 5.92 Å². The van der Waals surface area contributed by atoms with Crippen molar-refractivity contribution < 1.29 is 8.78 Å². The molecule has 0 atom stereocenters. The van der Waals surface area contributed by atoms with E-state index >= 15 is 0 Å². The molecule has 2 heteroatoms. The molecule has 0 N–H and O–H groups in total.